The van der Waals surface area contributed by atoms with Crippen LogP contribution in [-0.4, -0.2) is 35.8 Å². The normalized spacial score (nSPS) is 15.3. The Balaban J connectivity index is 0.00000385. The summed E-state index contributed by atoms with van der Waals surface area (Å²) in [5.74, 6) is -2.16. The van der Waals surface area contributed by atoms with Crippen LogP contribution >= 0.6 is 0 Å². The van der Waals surface area contributed by atoms with Crippen molar-refractivity contribution in [2.24, 2.45) is 22.2 Å². The van der Waals surface area contributed by atoms with E-state index >= 15 is 0 Å². The topological polar surface area (TPSA) is 128 Å². The van der Waals surface area contributed by atoms with Gasteiger partial charge in [0, 0.05) is 18.7 Å². The molecule has 2 amide bonds. The number of piperidine rings is 1. The van der Waals surface area contributed by atoms with E-state index in [9.17, 15) is 22.8 Å². The first-order chi connectivity index (χ1) is 15.1. The average Bonchev–Trinajstić information content (AvgIpc) is 2.77. The Bertz CT molecular complexity index is 1010. The SMILES string of the molecule is C.NC(N)=NC(=O)c1ccc(C2CCN(C(=O)[C@H](N)c3ccccc3)CC2)c(C(F)(F)F)c1. The molecule has 0 unspecified atom stereocenters. The number of benzene rings is 2. The molecule has 1 aliphatic heterocycles. The largest absolute Gasteiger partial charge is 0.416 e. The maximum Gasteiger partial charge on any atom is 0.416 e. The average molecular weight is 464 g/mol. The zero-order chi connectivity index (χ0) is 23.5. The molecule has 2 aromatic carbocycles. The molecule has 2 aromatic rings. The second kappa shape index (κ2) is 10.5. The number of hydrogen-bond acceptors (Lipinski definition) is 3. The molecule has 1 aliphatic rings. The molecule has 1 fully saturated rings. The number of hydrogen-bond donors (Lipinski definition) is 3. The predicted molar refractivity (Wildman–Crippen MR) is 120 cm³/mol. The number of rotatable bonds is 4. The smallest absolute Gasteiger partial charge is 0.370 e. The van der Waals surface area contributed by atoms with Gasteiger partial charge in [0.2, 0.25) is 5.91 Å². The van der Waals surface area contributed by atoms with Gasteiger partial charge in [-0.3, -0.25) is 9.59 Å². The van der Waals surface area contributed by atoms with Gasteiger partial charge in [-0.15, -0.1) is 0 Å². The Morgan fingerprint density at radius 2 is 1.64 bits per heavy atom. The number of halogens is 3. The van der Waals surface area contributed by atoms with Crippen LogP contribution in [0.15, 0.2) is 53.5 Å². The van der Waals surface area contributed by atoms with Crippen molar-refractivity contribution in [3.05, 3.63) is 70.8 Å². The molecule has 1 heterocycles. The molecular weight excluding hydrogens is 435 g/mol. The van der Waals surface area contributed by atoms with E-state index in [4.69, 9.17) is 17.2 Å². The molecule has 3 rings (SSSR count). The summed E-state index contributed by atoms with van der Waals surface area (Å²) in [6.45, 7) is 0.575. The van der Waals surface area contributed by atoms with E-state index in [1.165, 1.54) is 12.1 Å². The summed E-state index contributed by atoms with van der Waals surface area (Å²) in [7, 11) is 0. The fraction of sp³-hybridized carbons (Fsp3) is 0.348. The van der Waals surface area contributed by atoms with E-state index in [0.29, 0.717) is 18.4 Å². The van der Waals surface area contributed by atoms with Gasteiger partial charge in [0.15, 0.2) is 5.96 Å². The predicted octanol–water partition coefficient (Wildman–Crippen LogP) is 3.16. The van der Waals surface area contributed by atoms with Gasteiger partial charge < -0.3 is 22.1 Å². The summed E-state index contributed by atoms with van der Waals surface area (Å²) in [6.07, 6.45) is -3.97. The summed E-state index contributed by atoms with van der Waals surface area (Å²) in [5, 5.41) is 0. The van der Waals surface area contributed by atoms with Crippen LogP contribution in [0.5, 0.6) is 0 Å². The first-order valence-electron chi connectivity index (χ1n) is 10.0. The Morgan fingerprint density at radius 1 is 1.03 bits per heavy atom. The Labute approximate surface area is 190 Å². The number of guanidine groups is 1. The monoisotopic (exact) mass is 463 g/mol. The lowest BCUT2D eigenvalue weighted by Gasteiger charge is -2.34. The van der Waals surface area contributed by atoms with Crippen molar-refractivity contribution in [3.63, 3.8) is 0 Å². The summed E-state index contributed by atoms with van der Waals surface area (Å²) in [4.78, 5) is 29.6. The van der Waals surface area contributed by atoms with Crippen LogP contribution in [0.2, 0.25) is 0 Å². The standard InChI is InChI=1S/C22H24F3N5O2.CH4/c23-22(24,25)17-12-15(19(31)29-21(27)28)6-7-16(17)13-8-10-30(11-9-13)20(32)18(26)14-4-2-1-3-5-14;/h1-7,12-13,18H,8-11,26H2,(H4,27,28,29,31);1H4/t18-;/m1./s1. The maximum absolute atomic E-state index is 13.7. The maximum atomic E-state index is 13.7. The number of aliphatic imine (C=N–C) groups is 1. The second-order valence-corrected chi connectivity index (χ2v) is 7.63. The number of carbonyl (C=O) groups excluding carboxylic acids is 2. The quantitative estimate of drug-likeness (QED) is 0.474. The molecule has 0 bridgehead atoms. The Morgan fingerprint density at radius 3 is 2.18 bits per heavy atom. The third kappa shape index (κ3) is 6.10. The third-order valence-electron chi connectivity index (χ3n) is 5.51. The van der Waals surface area contributed by atoms with Crippen LogP contribution in [-0.2, 0) is 11.0 Å². The van der Waals surface area contributed by atoms with Gasteiger partial charge in [0.1, 0.15) is 6.04 Å². The first-order valence-corrected chi connectivity index (χ1v) is 10.0. The van der Waals surface area contributed by atoms with Crippen molar-refractivity contribution in [1.82, 2.24) is 4.90 Å². The van der Waals surface area contributed by atoms with Gasteiger partial charge in [-0.1, -0.05) is 43.8 Å². The minimum Gasteiger partial charge on any atom is -0.370 e. The van der Waals surface area contributed by atoms with Crippen LogP contribution in [0.3, 0.4) is 0 Å². The number of likely N-dealkylation sites (tertiary alicyclic amines) is 1. The molecule has 178 valence electrons. The van der Waals surface area contributed by atoms with E-state index in [2.05, 4.69) is 4.99 Å². The zero-order valence-electron chi connectivity index (χ0n) is 17.2. The van der Waals surface area contributed by atoms with Gasteiger partial charge in [-0.25, -0.2) is 0 Å². The number of amides is 2. The van der Waals surface area contributed by atoms with Gasteiger partial charge in [0.25, 0.3) is 5.91 Å². The van der Waals surface area contributed by atoms with Crippen LogP contribution in [0.1, 0.15) is 59.3 Å². The van der Waals surface area contributed by atoms with Crippen LogP contribution in [0, 0.1) is 0 Å². The van der Waals surface area contributed by atoms with Crippen LogP contribution in [0.4, 0.5) is 13.2 Å². The van der Waals surface area contributed by atoms with Gasteiger partial charge in [0.05, 0.1) is 5.56 Å². The van der Waals surface area contributed by atoms with E-state index < -0.39 is 35.6 Å². The van der Waals surface area contributed by atoms with Crippen molar-refractivity contribution in [2.75, 3.05) is 13.1 Å². The second-order valence-electron chi connectivity index (χ2n) is 7.63. The van der Waals surface area contributed by atoms with Gasteiger partial charge in [-0.05, 0) is 42.0 Å². The molecule has 33 heavy (non-hydrogen) atoms. The van der Waals surface area contributed by atoms with Gasteiger partial charge >= 0.3 is 6.18 Å². The van der Waals surface area contributed by atoms with E-state index in [1.54, 1.807) is 29.2 Å². The van der Waals surface area contributed by atoms with E-state index in [1.807, 2.05) is 6.07 Å². The lowest BCUT2D eigenvalue weighted by molar-refractivity contribution is -0.139. The molecular formula is C23H28F3N5O2. The number of alkyl halides is 3. The van der Waals surface area contributed by atoms with Crippen molar-refractivity contribution >= 4 is 17.8 Å². The van der Waals surface area contributed by atoms with Crippen molar-refractivity contribution in [2.45, 2.75) is 38.4 Å². The molecule has 1 atom stereocenters. The summed E-state index contributed by atoms with van der Waals surface area (Å²) < 4.78 is 41.2. The number of nitrogens with zero attached hydrogens (tertiary/aromatic N) is 2. The lowest BCUT2D eigenvalue weighted by atomic mass is 9.85. The minimum atomic E-state index is -4.66. The van der Waals surface area contributed by atoms with E-state index in [-0.39, 0.29) is 37.6 Å². The Kier molecular flexibility index (Phi) is 8.21. The molecule has 1 saturated heterocycles. The molecule has 0 saturated carbocycles. The van der Waals surface area contributed by atoms with E-state index in [0.717, 1.165) is 6.07 Å². The van der Waals surface area contributed by atoms with Crippen molar-refractivity contribution in [3.8, 4) is 0 Å². The lowest BCUT2D eigenvalue weighted by Crippen LogP contribution is -2.43. The molecule has 0 spiro atoms. The molecule has 0 aliphatic carbocycles. The summed E-state index contributed by atoms with van der Waals surface area (Å²) in [6, 6.07) is 11.4. The number of carbonyl (C=O) groups is 2. The highest BCUT2D eigenvalue weighted by atomic mass is 19.4. The van der Waals surface area contributed by atoms with Crippen molar-refractivity contribution < 1.29 is 22.8 Å². The van der Waals surface area contributed by atoms with Crippen molar-refractivity contribution in [1.29, 1.82) is 0 Å². The molecule has 0 aromatic heterocycles. The van der Waals surface area contributed by atoms with Crippen LogP contribution < -0.4 is 17.2 Å². The molecule has 6 N–H and O–H groups in total. The summed E-state index contributed by atoms with van der Waals surface area (Å²) >= 11 is 0. The molecule has 0 radical (unpaired) electrons. The Hall–Kier alpha value is -3.40. The highest BCUT2D eigenvalue weighted by Gasteiger charge is 2.37. The first kappa shape index (κ1) is 25.9. The van der Waals surface area contributed by atoms with Gasteiger partial charge in [-0.2, -0.15) is 18.2 Å². The number of nitrogens with two attached hydrogens (primary N) is 3. The fourth-order valence-electron chi connectivity index (χ4n) is 3.88. The zero-order valence-corrected chi connectivity index (χ0v) is 17.2. The fourth-order valence-corrected chi connectivity index (χ4v) is 3.88. The highest BCUT2D eigenvalue weighted by molar-refractivity contribution is 6.02. The highest BCUT2D eigenvalue weighted by Crippen LogP contribution is 2.39. The minimum absolute atomic E-state index is 0. The summed E-state index contributed by atoms with van der Waals surface area (Å²) in [5.41, 5.74) is 16.0. The third-order valence-corrected chi connectivity index (χ3v) is 5.51. The molecule has 10 heteroatoms. The molecule has 7 nitrogen and oxygen atoms in total. The van der Waals surface area contributed by atoms with Crippen LogP contribution in [0.25, 0.3) is 0 Å².